The molecule has 19 heavy (non-hydrogen) atoms. The van der Waals surface area contributed by atoms with Gasteiger partial charge in [-0.2, -0.15) is 0 Å². The molecule has 0 bridgehead atoms. The van der Waals surface area contributed by atoms with Crippen LogP contribution in [0.3, 0.4) is 0 Å². The SMILES string of the molecule is Nc1c(Cl)cc2oc(-c3ccc(Cl)cc3)nc2c1Cl. The Kier molecular flexibility index (Phi) is 3.05. The maximum Gasteiger partial charge on any atom is 0.227 e. The summed E-state index contributed by atoms with van der Waals surface area (Å²) >= 11 is 17.9. The summed E-state index contributed by atoms with van der Waals surface area (Å²) in [5, 5.41) is 1.29. The van der Waals surface area contributed by atoms with E-state index in [9.17, 15) is 0 Å². The Morgan fingerprint density at radius 1 is 1.05 bits per heavy atom. The summed E-state index contributed by atoms with van der Waals surface area (Å²) < 4.78 is 5.63. The molecule has 0 aliphatic rings. The first-order valence-electron chi connectivity index (χ1n) is 5.36. The van der Waals surface area contributed by atoms with Crippen LogP contribution >= 0.6 is 34.8 Å². The molecule has 0 aliphatic heterocycles. The maximum absolute atomic E-state index is 6.10. The molecular formula is C13H7Cl3N2O. The Hall–Kier alpha value is -1.42. The minimum atomic E-state index is 0.298. The van der Waals surface area contributed by atoms with Crippen molar-refractivity contribution in [1.82, 2.24) is 4.98 Å². The predicted molar refractivity (Wildman–Crippen MR) is 78.9 cm³/mol. The van der Waals surface area contributed by atoms with Crippen LogP contribution in [0.4, 0.5) is 5.69 Å². The molecule has 1 aromatic heterocycles. The van der Waals surface area contributed by atoms with Crippen LogP contribution in [0.25, 0.3) is 22.6 Å². The van der Waals surface area contributed by atoms with Crippen molar-refractivity contribution < 1.29 is 4.42 Å². The number of nitrogens with two attached hydrogens (primary N) is 1. The molecule has 0 saturated heterocycles. The Labute approximate surface area is 123 Å². The Morgan fingerprint density at radius 3 is 2.42 bits per heavy atom. The van der Waals surface area contributed by atoms with Gasteiger partial charge in [0.05, 0.1) is 15.7 Å². The lowest BCUT2D eigenvalue weighted by atomic mass is 10.2. The third-order valence-corrected chi connectivity index (χ3v) is 3.65. The van der Waals surface area contributed by atoms with Crippen molar-refractivity contribution >= 4 is 51.6 Å². The monoisotopic (exact) mass is 312 g/mol. The molecule has 0 amide bonds. The number of anilines is 1. The van der Waals surface area contributed by atoms with E-state index in [-0.39, 0.29) is 0 Å². The fourth-order valence-electron chi connectivity index (χ4n) is 1.73. The molecule has 0 aliphatic carbocycles. The topological polar surface area (TPSA) is 52.0 Å². The van der Waals surface area contributed by atoms with Crippen LogP contribution < -0.4 is 5.73 Å². The quantitative estimate of drug-likeness (QED) is 0.640. The van der Waals surface area contributed by atoms with E-state index in [2.05, 4.69) is 4.98 Å². The molecule has 3 rings (SSSR count). The van der Waals surface area contributed by atoms with Crippen molar-refractivity contribution in [2.75, 3.05) is 5.73 Å². The van der Waals surface area contributed by atoms with Crippen molar-refractivity contribution in [3.05, 3.63) is 45.4 Å². The summed E-state index contributed by atoms with van der Waals surface area (Å²) in [6.07, 6.45) is 0. The lowest BCUT2D eigenvalue weighted by molar-refractivity contribution is 0.620. The standard InChI is InChI=1S/C13H7Cl3N2O/c14-7-3-1-6(2-4-7)13-18-12-9(19-13)5-8(15)11(17)10(12)16/h1-5H,17H2. The fourth-order valence-corrected chi connectivity index (χ4v) is 2.33. The normalized spacial score (nSPS) is 11.1. The summed E-state index contributed by atoms with van der Waals surface area (Å²) in [6, 6.07) is 8.74. The summed E-state index contributed by atoms with van der Waals surface area (Å²) in [5.41, 5.74) is 7.84. The Bertz CT molecular complexity index is 766. The summed E-state index contributed by atoms with van der Waals surface area (Å²) in [7, 11) is 0. The van der Waals surface area contributed by atoms with Crippen LogP contribution in [0.5, 0.6) is 0 Å². The zero-order valence-electron chi connectivity index (χ0n) is 9.45. The van der Waals surface area contributed by atoms with Crippen molar-refractivity contribution in [2.45, 2.75) is 0 Å². The third-order valence-electron chi connectivity index (χ3n) is 2.70. The summed E-state index contributed by atoms with van der Waals surface area (Å²) in [5.74, 6) is 0.440. The number of nitrogens with zero attached hydrogens (tertiary/aromatic N) is 1. The van der Waals surface area contributed by atoms with Crippen molar-refractivity contribution in [3.8, 4) is 11.5 Å². The molecule has 2 N–H and O–H groups in total. The molecule has 0 saturated carbocycles. The highest BCUT2D eigenvalue weighted by Gasteiger charge is 2.15. The van der Waals surface area contributed by atoms with Gasteiger partial charge in [0, 0.05) is 16.7 Å². The maximum atomic E-state index is 6.10. The van der Waals surface area contributed by atoms with E-state index in [0.717, 1.165) is 5.56 Å². The molecule has 6 heteroatoms. The molecule has 3 nitrogen and oxygen atoms in total. The van der Waals surface area contributed by atoms with Gasteiger partial charge in [0.2, 0.25) is 5.89 Å². The van der Waals surface area contributed by atoms with Crippen LogP contribution in [-0.2, 0) is 0 Å². The summed E-state index contributed by atoms with van der Waals surface area (Å²) in [4.78, 5) is 4.33. The van der Waals surface area contributed by atoms with Gasteiger partial charge in [0.25, 0.3) is 0 Å². The van der Waals surface area contributed by atoms with Gasteiger partial charge in [0.1, 0.15) is 5.52 Å². The van der Waals surface area contributed by atoms with Gasteiger partial charge in [-0.05, 0) is 24.3 Å². The lowest BCUT2D eigenvalue weighted by Crippen LogP contribution is -1.88. The van der Waals surface area contributed by atoms with Gasteiger partial charge < -0.3 is 10.2 Å². The van der Waals surface area contributed by atoms with Crippen molar-refractivity contribution in [1.29, 1.82) is 0 Å². The molecular weight excluding hydrogens is 307 g/mol. The average molecular weight is 314 g/mol. The molecule has 0 unspecified atom stereocenters. The van der Waals surface area contributed by atoms with E-state index in [0.29, 0.717) is 37.7 Å². The van der Waals surface area contributed by atoms with Gasteiger partial charge in [-0.15, -0.1) is 0 Å². The molecule has 0 spiro atoms. The molecule has 2 aromatic carbocycles. The van der Waals surface area contributed by atoms with Gasteiger partial charge in [-0.3, -0.25) is 0 Å². The van der Waals surface area contributed by atoms with Crippen LogP contribution in [0.1, 0.15) is 0 Å². The number of halogens is 3. The van der Waals surface area contributed by atoms with Crippen molar-refractivity contribution in [3.63, 3.8) is 0 Å². The van der Waals surface area contributed by atoms with Crippen LogP contribution in [-0.4, -0.2) is 4.98 Å². The van der Waals surface area contributed by atoms with E-state index in [1.165, 1.54) is 0 Å². The third kappa shape index (κ3) is 2.14. The lowest BCUT2D eigenvalue weighted by Gasteiger charge is -1.99. The number of hydrogen-bond acceptors (Lipinski definition) is 3. The Balaban J connectivity index is 2.22. The zero-order valence-corrected chi connectivity index (χ0v) is 11.7. The highest BCUT2D eigenvalue weighted by atomic mass is 35.5. The second kappa shape index (κ2) is 4.60. The fraction of sp³-hybridized carbons (Fsp3) is 0. The molecule has 0 atom stereocenters. The van der Waals surface area contributed by atoms with Gasteiger partial charge in [-0.1, -0.05) is 34.8 Å². The first-order valence-corrected chi connectivity index (χ1v) is 6.49. The van der Waals surface area contributed by atoms with E-state index >= 15 is 0 Å². The first kappa shape index (κ1) is 12.6. The minimum absolute atomic E-state index is 0.298. The van der Waals surface area contributed by atoms with E-state index in [4.69, 9.17) is 45.0 Å². The number of rotatable bonds is 1. The second-order valence-electron chi connectivity index (χ2n) is 3.96. The predicted octanol–water partition coefficient (Wildman–Crippen LogP) is 5.04. The van der Waals surface area contributed by atoms with Crippen LogP contribution in [0.2, 0.25) is 15.1 Å². The number of benzene rings is 2. The second-order valence-corrected chi connectivity index (χ2v) is 5.18. The molecule has 1 heterocycles. The minimum Gasteiger partial charge on any atom is -0.436 e. The zero-order chi connectivity index (χ0) is 13.6. The Morgan fingerprint density at radius 2 is 1.74 bits per heavy atom. The number of nitrogen functional groups attached to an aromatic ring is 1. The molecule has 96 valence electrons. The van der Waals surface area contributed by atoms with Crippen molar-refractivity contribution in [2.24, 2.45) is 0 Å². The molecule has 0 fully saturated rings. The van der Waals surface area contributed by atoms with E-state index < -0.39 is 0 Å². The van der Waals surface area contributed by atoms with Crippen LogP contribution in [0, 0.1) is 0 Å². The largest absolute Gasteiger partial charge is 0.436 e. The smallest absolute Gasteiger partial charge is 0.227 e. The van der Waals surface area contributed by atoms with Gasteiger partial charge >= 0.3 is 0 Å². The molecule has 3 aromatic rings. The summed E-state index contributed by atoms with van der Waals surface area (Å²) in [6.45, 7) is 0. The highest BCUT2D eigenvalue weighted by Crippen LogP contribution is 2.37. The number of oxazole rings is 1. The number of hydrogen-bond donors (Lipinski definition) is 1. The molecule has 0 radical (unpaired) electrons. The van der Waals surface area contributed by atoms with Gasteiger partial charge in [-0.25, -0.2) is 4.98 Å². The van der Waals surface area contributed by atoms with E-state index in [1.807, 2.05) is 12.1 Å². The van der Waals surface area contributed by atoms with Crippen LogP contribution in [0.15, 0.2) is 34.7 Å². The van der Waals surface area contributed by atoms with E-state index in [1.54, 1.807) is 18.2 Å². The number of aromatic nitrogens is 1. The number of fused-ring (bicyclic) bond motifs is 1. The highest BCUT2D eigenvalue weighted by molar-refractivity contribution is 6.42. The van der Waals surface area contributed by atoms with Gasteiger partial charge in [0.15, 0.2) is 5.58 Å². The average Bonchev–Trinajstić information content (AvgIpc) is 2.81. The first-order chi connectivity index (χ1) is 9.06.